The fourth-order valence-electron chi connectivity index (χ4n) is 4.63. The Morgan fingerprint density at radius 3 is 2.27 bits per heavy atom. The Labute approximate surface area is 192 Å². The van der Waals surface area contributed by atoms with Crippen molar-refractivity contribution in [1.82, 2.24) is 9.97 Å². The molecule has 5 rings (SSSR count). The van der Waals surface area contributed by atoms with Crippen LogP contribution < -0.4 is 9.64 Å². The van der Waals surface area contributed by atoms with E-state index < -0.39 is 5.95 Å². The summed E-state index contributed by atoms with van der Waals surface area (Å²) in [5.74, 6) is 0.259. The third-order valence-corrected chi connectivity index (χ3v) is 6.05. The fourth-order valence-corrected chi connectivity index (χ4v) is 4.63. The second-order valence-electron chi connectivity index (χ2n) is 8.49. The van der Waals surface area contributed by atoms with Gasteiger partial charge in [0.2, 0.25) is 5.95 Å². The topological polar surface area (TPSA) is 47.5 Å². The summed E-state index contributed by atoms with van der Waals surface area (Å²) in [5, 5.41) is 0.900. The number of morpholine rings is 1. The Hall–Kier alpha value is -3.51. The number of rotatable bonds is 4. The van der Waals surface area contributed by atoms with Crippen LogP contribution in [0, 0.1) is 5.95 Å². The maximum Gasteiger partial charge on any atom is 0.212 e. The number of fused-ring (bicyclic) bond motifs is 1. The zero-order chi connectivity index (χ0) is 22.9. The molecule has 0 aliphatic carbocycles. The average molecular weight is 444 g/mol. The van der Waals surface area contributed by atoms with Gasteiger partial charge in [0.15, 0.2) is 0 Å². The van der Waals surface area contributed by atoms with Crippen LogP contribution in [0.5, 0.6) is 5.75 Å². The summed E-state index contributed by atoms with van der Waals surface area (Å²) < 4.78 is 25.0. The summed E-state index contributed by atoms with van der Waals surface area (Å²) in [7, 11) is 1.68. The summed E-state index contributed by atoms with van der Waals surface area (Å²) in [6, 6.07) is 17.5. The number of benzene rings is 2. The lowest BCUT2D eigenvalue weighted by Gasteiger charge is -2.36. The Morgan fingerprint density at radius 1 is 0.879 bits per heavy atom. The van der Waals surface area contributed by atoms with E-state index in [9.17, 15) is 4.39 Å². The van der Waals surface area contributed by atoms with Crippen LogP contribution in [0.1, 0.15) is 13.8 Å². The molecule has 5 nitrogen and oxygen atoms in total. The molecule has 2 atom stereocenters. The summed E-state index contributed by atoms with van der Waals surface area (Å²) in [5.41, 5.74) is 5.63. The number of hydrogen-bond acceptors (Lipinski definition) is 5. The first-order chi connectivity index (χ1) is 16.0. The summed E-state index contributed by atoms with van der Waals surface area (Å²) >= 11 is 0. The standard InChI is InChI=1S/C27H26FN3O2/c1-17-15-31(16-18(2)33-17)21-10-7-19(8-11-21)24-14-30-26-22(20-9-12-25(28)29-13-20)5-4-6-23(26)27(24)32-3/h4-14,17-18H,15-16H2,1-3H3/t17-,18?/m0/s1. The fraction of sp³-hybridized carbons (Fsp3) is 0.259. The van der Waals surface area contributed by atoms with Crippen molar-refractivity contribution < 1.29 is 13.9 Å². The van der Waals surface area contributed by atoms with Crippen molar-refractivity contribution in [3.8, 4) is 28.0 Å². The number of methoxy groups -OCH3 is 1. The maximum absolute atomic E-state index is 13.3. The lowest BCUT2D eigenvalue weighted by atomic mass is 9.99. The van der Waals surface area contributed by atoms with Gasteiger partial charge in [-0.1, -0.05) is 24.3 Å². The first-order valence-electron chi connectivity index (χ1n) is 11.1. The Morgan fingerprint density at radius 2 is 1.61 bits per heavy atom. The van der Waals surface area contributed by atoms with Crippen LogP contribution in [0.3, 0.4) is 0 Å². The SMILES string of the molecule is COc1c(-c2ccc(N3CC(C)O[C@@H](C)C3)cc2)cnc2c(-c3ccc(F)nc3)cccc12. The normalized spacial score (nSPS) is 18.5. The summed E-state index contributed by atoms with van der Waals surface area (Å²) in [6.07, 6.45) is 3.79. The zero-order valence-corrected chi connectivity index (χ0v) is 19.0. The molecule has 1 aliphatic rings. The molecule has 1 saturated heterocycles. The van der Waals surface area contributed by atoms with Gasteiger partial charge in [-0.05, 0) is 49.7 Å². The van der Waals surface area contributed by atoms with Gasteiger partial charge in [0.25, 0.3) is 0 Å². The van der Waals surface area contributed by atoms with Crippen molar-refractivity contribution >= 4 is 16.6 Å². The molecule has 3 heterocycles. The molecule has 168 valence electrons. The molecule has 1 unspecified atom stereocenters. The molecule has 0 radical (unpaired) electrons. The summed E-state index contributed by atoms with van der Waals surface area (Å²) in [4.78, 5) is 10.9. The minimum atomic E-state index is -0.503. The molecule has 2 aromatic heterocycles. The third-order valence-electron chi connectivity index (χ3n) is 6.05. The van der Waals surface area contributed by atoms with E-state index in [1.165, 1.54) is 18.0 Å². The highest BCUT2D eigenvalue weighted by Crippen LogP contribution is 2.39. The minimum Gasteiger partial charge on any atom is -0.495 e. The number of ether oxygens (including phenoxy) is 2. The van der Waals surface area contributed by atoms with E-state index in [0.29, 0.717) is 0 Å². The van der Waals surface area contributed by atoms with E-state index in [1.54, 1.807) is 13.2 Å². The molecule has 2 aromatic carbocycles. The largest absolute Gasteiger partial charge is 0.495 e. The minimum absolute atomic E-state index is 0.212. The lowest BCUT2D eigenvalue weighted by Crippen LogP contribution is -2.45. The first kappa shape index (κ1) is 21.3. The van der Waals surface area contributed by atoms with Crippen LogP contribution in [-0.2, 0) is 4.74 Å². The van der Waals surface area contributed by atoms with Crippen LogP contribution in [0.4, 0.5) is 10.1 Å². The monoisotopic (exact) mass is 443 g/mol. The third kappa shape index (κ3) is 4.14. The zero-order valence-electron chi connectivity index (χ0n) is 19.0. The van der Waals surface area contributed by atoms with Crippen molar-refractivity contribution in [3.63, 3.8) is 0 Å². The van der Waals surface area contributed by atoms with E-state index >= 15 is 0 Å². The number of anilines is 1. The van der Waals surface area contributed by atoms with Gasteiger partial charge in [-0.15, -0.1) is 0 Å². The van der Waals surface area contributed by atoms with Crippen molar-refractivity contribution in [2.75, 3.05) is 25.1 Å². The number of pyridine rings is 2. The highest BCUT2D eigenvalue weighted by molar-refractivity contribution is 6.00. The molecule has 0 N–H and O–H groups in total. The highest BCUT2D eigenvalue weighted by atomic mass is 19.1. The van der Waals surface area contributed by atoms with Gasteiger partial charge in [0, 0.05) is 53.2 Å². The molecule has 33 heavy (non-hydrogen) atoms. The second kappa shape index (κ2) is 8.79. The predicted molar refractivity (Wildman–Crippen MR) is 129 cm³/mol. The van der Waals surface area contributed by atoms with E-state index in [2.05, 4.69) is 48.0 Å². The van der Waals surface area contributed by atoms with Gasteiger partial charge in [0.05, 0.1) is 24.8 Å². The van der Waals surface area contributed by atoms with Gasteiger partial charge in [-0.2, -0.15) is 4.39 Å². The molecule has 1 fully saturated rings. The van der Waals surface area contributed by atoms with Gasteiger partial charge in [-0.25, -0.2) is 4.98 Å². The van der Waals surface area contributed by atoms with Crippen molar-refractivity contribution in [3.05, 3.63) is 72.9 Å². The smallest absolute Gasteiger partial charge is 0.212 e. The van der Waals surface area contributed by atoms with E-state index in [0.717, 1.165) is 52.0 Å². The van der Waals surface area contributed by atoms with Gasteiger partial charge >= 0.3 is 0 Å². The molecule has 6 heteroatoms. The van der Waals surface area contributed by atoms with Crippen molar-refractivity contribution in [1.29, 1.82) is 0 Å². The molecule has 0 spiro atoms. The lowest BCUT2D eigenvalue weighted by molar-refractivity contribution is -0.00521. The molecule has 0 amide bonds. The van der Waals surface area contributed by atoms with Gasteiger partial charge in [-0.3, -0.25) is 4.98 Å². The van der Waals surface area contributed by atoms with Gasteiger partial charge in [0.1, 0.15) is 5.75 Å². The average Bonchev–Trinajstić information content (AvgIpc) is 2.83. The molecule has 0 saturated carbocycles. The number of hydrogen-bond donors (Lipinski definition) is 0. The van der Waals surface area contributed by atoms with Crippen LogP contribution >= 0.6 is 0 Å². The van der Waals surface area contributed by atoms with Crippen molar-refractivity contribution in [2.45, 2.75) is 26.1 Å². The number of para-hydroxylation sites is 1. The molecule has 1 aliphatic heterocycles. The quantitative estimate of drug-likeness (QED) is 0.377. The second-order valence-corrected chi connectivity index (χ2v) is 8.49. The number of aromatic nitrogens is 2. The van der Waals surface area contributed by atoms with Gasteiger partial charge < -0.3 is 14.4 Å². The molecular weight excluding hydrogens is 417 g/mol. The van der Waals surface area contributed by atoms with Crippen molar-refractivity contribution in [2.24, 2.45) is 0 Å². The van der Waals surface area contributed by atoms with E-state index in [-0.39, 0.29) is 12.2 Å². The highest BCUT2D eigenvalue weighted by Gasteiger charge is 2.22. The van der Waals surface area contributed by atoms with E-state index in [1.807, 2.05) is 24.4 Å². The Bertz CT molecular complexity index is 1270. The van der Waals surface area contributed by atoms with Crippen LogP contribution in [0.2, 0.25) is 0 Å². The number of nitrogens with zero attached hydrogens (tertiary/aromatic N) is 3. The Balaban J connectivity index is 1.53. The maximum atomic E-state index is 13.3. The van der Waals surface area contributed by atoms with Crippen LogP contribution in [0.15, 0.2) is 67.0 Å². The number of halogens is 1. The van der Waals surface area contributed by atoms with E-state index in [4.69, 9.17) is 14.5 Å². The molecule has 0 bridgehead atoms. The summed E-state index contributed by atoms with van der Waals surface area (Å²) in [6.45, 7) is 5.98. The Kier molecular flexibility index (Phi) is 5.68. The van der Waals surface area contributed by atoms with Crippen LogP contribution in [0.25, 0.3) is 33.2 Å². The van der Waals surface area contributed by atoms with Crippen LogP contribution in [-0.4, -0.2) is 42.4 Å². The predicted octanol–water partition coefficient (Wildman–Crippen LogP) is 5.73. The molecular formula is C27H26FN3O2. The molecule has 4 aromatic rings. The first-order valence-corrected chi connectivity index (χ1v) is 11.1.